The van der Waals surface area contributed by atoms with Crippen molar-refractivity contribution in [2.45, 2.75) is 53.6 Å². The molecular formula is C15H22N4OS. The van der Waals surface area contributed by atoms with Gasteiger partial charge in [0.05, 0.1) is 5.56 Å². The van der Waals surface area contributed by atoms with E-state index >= 15 is 0 Å². The van der Waals surface area contributed by atoms with Gasteiger partial charge in [-0.05, 0) is 50.5 Å². The van der Waals surface area contributed by atoms with E-state index in [9.17, 15) is 4.79 Å². The third-order valence-corrected chi connectivity index (χ3v) is 3.89. The van der Waals surface area contributed by atoms with Crippen molar-refractivity contribution < 1.29 is 0 Å². The Hall–Kier alpha value is -1.69. The van der Waals surface area contributed by atoms with E-state index in [1.807, 2.05) is 29.0 Å². The summed E-state index contributed by atoms with van der Waals surface area (Å²) in [5.74, 6) is 0.647. The van der Waals surface area contributed by atoms with Gasteiger partial charge >= 0.3 is 0 Å². The standard InChI is InChI=1S/C15H22N4OS/c1-5-7-18-11(4)9-10(3)12(14(18)20)13-16-17-15(21)19(13)8-6-2/h9H,5-8H2,1-4H3,(H,17,21). The summed E-state index contributed by atoms with van der Waals surface area (Å²) in [6.45, 7) is 9.54. The lowest BCUT2D eigenvalue weighted by Gasteiger charge is -2.14. The van der Waals surface area contributed by atoms with Gasteiger partial charge in [0.2, 0.25) is 0 Å². The molecule has 0 unspecified atom stereocenters. The number of rotatable bonds is 5. The number of nitrogens with one attached hydrogen (secondary N) is 1. The zero-order valence-corrected chi connectivity index (χ0v) is 13.9. The van der Waals surface area contributed by atoms with Crippen molar-refractivity contribution in [1.29, 1.82) is 0 Å². The Bertz CT molecular complexity index is 754. The van der Waals surface area contributed by atoms with Crippen LogP contribution in [0.2, 0.25) is 0 Å². The molecule has 5 nitrogen and oxygen atoms in total. The number of pyridine rings is 1. The van der Waals surface area contributed by atoms with Crippen molar-refractivity contribution >= 4 is 12.2 Å². The third-order valence-electron chi connectivity index (χ3n) is 3.58. The Kier molecular flexibility index (Phi) is 4.77. The molecule has 0 bridgehead atoms. The zero-order valence-electron chi connectivity index (χ0n) is 13.1. The summed E-state index contributed by atoms with van der Waals surface area (Å²) < 4.78 is 4.29. The molecular weight excluding hydrogens is 284 g/mol. The summed E-state index contributed by atoms with van der Waals surface area (Å²) >= 11 is 5.27. The molecule has 0 aliphatic carbocycles. The fraction of sp³-hybridized carbons (Fsp3) is 0.533. The van der Waals surface area contributed by atoms with Crippen molar-refractivity contribution in [3.8, 4) is 11.4 Å². The highest BCUT2D eigenvalue weighted by Gasteiger charge is 2.17. The summed E-state index contributed by atoms with van der Waals surface area (Å²) in [5, 5.41) is 7.10. The maximum absolute atomic E-state index is 12.8. The summed E-state index contributed by atoms with van der Waals surface area (Å²) in [4.78, 5) is 12.8. The lowest BCUT2D eigenvalue weighted by Crippen LogP contribution is -2.25. The molecule has 0 amide bonds. The second-order valence-corrected chi connectivity index (χ2v) is 5.69. The molecule has 2 heterocycles. The van der Waals surface area contributed by atoms with Crippen LogP contribution in [0.15, 0.2) is 10.9 Å². The number of H-pyrrole nitrogens is 1. The van der Waals surface area contributed by atoms with Crippen LogP contribution in [0.5, 0.6) is 0 Å². The van der Waals surface area contributed by atoms with Gasteiger partial charge in [-0.25, -0.2) is 0 Å². The Labute approximate surface area is 129 Å². The summed E-state index contributed by atoms with van der Waals surface area (Å²) in [6, 6.07) is 2.04. The predicted molar refractivity (Wildman–Crippen MR) is 87.2 cm³/mol. The lowest BCUT2D eigenvalue weighted by molar-refractivity contribution is 0.631. The van der Waals surface area contributed by atoms with Crippen LogP contribution in [0.4, 0.5) is 0 Å². The van der Waals surface area contributed by atoms with E-state index < -0.39 is 0 Å². The molecule has 1 N–H and O–H groups in total. The van der Waals surface area contributed by atoms with Crippen LogP contribution in [-0.2, 0) is 13.1 Å². The maximum atomic E-state index is 12.8. The largest absolute Gasteiger partial charge is 0.312 e. The molecule has 0 radical (unpaired) electrons. The molecule has 114 valence electrons. The third kappa shape index (κ3) is 2.85. The van der Waals surface area contributed by atoms with Gasteiger partial charge in [-0.15, -0.1) is 0 Å². The first-order valence-electron chi connectivity index (χ1n) is 7.37. The Balaban J connectivity index is 2.73. The summed E-state index contributed by atoms with van der Waals surface area (Å²) in [7, 11) is 0. The van der Waals surface area contributed by atoms with E-state index in [2.05, 4.69) is 24.0 Å². The minimum absolute atomic E-state index is 0.0145. The van der Waals surface area contributed by atoms with Crippen molar-refractivity contribution in [3.63, 3.8) is 0 Å². The maximum Gasteiger partial charge on any atom is 0.262 e. The zero-order chi connectivity index (χ0) is 15.6. The van der Waals surface area contributed by atoms with Crippen molar-refractivity contribution in [2.75, 3.05) is 0 Å². The monoisotopic (exact) mass is 306 g/mol. The van der Waals surface area contributed by atoms with Crippen LogP contribution in [0.25, 0.3) is 11.4 Å². The van der Waals surface area contributed by atoms with Crippen LogP contribution in [0, 0.1) is 18.6 Å². The smallest absolute Gasteiger partial charge is 0.262 e. The lowest BCUT2D eigenvalue weighted by atomic mass is 10.1. The van der Waals surface area contributed by atoms with E-state index in [1.165, 1.54) is 0 Å². The molecule has 2 aromatic rings. The first-order valence-corrected chi connectivity index (χ1v) is 7.78. The van der Waals surface area contributed by atoms with Crippen LogP contribution >= 0.6 is 12.2 Å². The van der Waals surface area contributed by atoms with E-state index in [4.69, 9.17) is 12.2 Å². The first-order chi connectivity index (χ1) is 10.0. The molecule has 0 spiro atoms. The van der Waals surface area contributed by atoms with Crippen molar-refractivity contribution in [3.05, 3.63) is 32.4 Å². The molecule has 0 aromatic carbocycles. The van der Waals surface area contributed by atoms with Gasteiger partial charge in [-0.3, -0.25) is 9.89 Å². The molecule has 2 aromatic heterocycles. The van der Waals surface area contributed by atoms with Gasteiger partial charge in [0.1, 0.15) is 0 Å². The minimum Gasteiger partial charge on any atom is -0.312 e. The molecule has 0 aliphatic rings. The SMILES string of the molecule is CCCn1c(-c2c(C)cc(C)n(CCC)c2=O)n[nH]c1=S. The molecule has 21 heavy (non-hydrogen) atoms. The number of aromatic amines is 1. The van der Waals surface area contributed by atoms with Crippen LogP contribution in [0.1, 0.15) is 37.9 Å². The molecule has 2 rings (SSSR count). The second kappa shape index (κ2) is 6.39. The van der Waals surface area contributed by atoms with Crippen LogP contribution < -0.4 is 5.56 Å². The van der Waals surface area contributed by atoms with Gasteiger partial charge in [0.25, 0.3) is 5.56 Å². The van der Waals surface area contributed by atoms with Gasteiger partial charge in [0.15, 0.2) is 10.6 Å². The second-order valence-electron chi connectivity index (χ2n) is 5.30. The van der Waals surface area contributed by atoms with Gasteiger partial charge in [-0.2, -0.15) is 5.10 Å². The fourth-order valence-corrected chi connectivity index (χ4v) is 2.86. The Morgan fingerprint density at radius 1 is 1.19 bits per heavy atom. The highest BCUT2D eigenvalue weighted by molar-refractivity contribution is 7.71. The average Bonchev–Trinajstić information content (AvgIpc) is 2.77. The van der Waals surface area contributed by atoms with E-state index in [1.54, 1.807) is 0 Å². The number of aryl methyl sites for hydroxylation is 2. The summed E-state index contributed by atoms with van der Waals surface area (Å²) in [5.41, 5.74) is 2.59. The number of nitrogens with zero attached hydrogens (tertiary/aromatic N) is 3. The van der Waals surface area contributed by atoms with Crippen molar-refractivity contribution in [1.82, 2.24) is 19.3 Å². The van der Waals surface area contributed by atoms with E-state index in [-0.39, 0.29) is 5.56 Å². The molecule has 0 saturated heterocycles. The summed E-state index contributed by atoms with van der Waals surface area (Å²) in [6.07, 6.45) is 1.86. The Morgan fingerprint density at radius 3 is 2.43 bits per heavy atom. The topological polar surface area (TPSA) is 55.6 Å². The van der Waals surface area contributed by atoms with Gasteiger partial charge in [0, 0.05) is 18.8 Å². The molecule has 0 aliphatic heterocycles. The molecule has 0 fully saturated rings. The first kappa shape index (κ1) is 15.7. The van der Waals surface area contributed by atoms with Gasteiger partial charge in [-0.1, -0.05) is 13.8 Å². The molecule has 0 atom stereocenters. The Morgan fingerprint density at radius 2 is 1.81 bits per heavy atom. The van der Waals surface area contributed by atoms with Crippen molar-refractivity contribution in [2.24, 2.45) is 0 Å². The fourth-order valence-electron chi connectivity index (χ4n) is 2.64. The number of hydrogen-bond acceptors (Lipinski definition) is 3. The van der Waals surface area contributed by atoms with Crippen LogP contribution in [-0.4, -0.2) is 19.3 Å². The minimum atomic E-state index is 0.0145. The number of hydrogen-bond donors (Lipinski definition) is 1. The van der Waals surface area contributed by atoms with E-state index in [0.717, 1.165) is 37.2 Å². The van der Waals surface area contributed by atoms with Gasteiger partial charge < -0.3 is 9.13 Å². The normalized spacial score (nSPS) is 11.0. The highest BCUT2D eigenvalue weighted by Crippen LogP contribution is 2.19. The molecule has 6 heteroatoms. The molecule has 0 saturated carbocycles. The average molecular weight is 306 g/mol. The van der Waals surface area contributed by atoms with E-state index in [0.29, 0.717) is 16.2 Å². The quantitative estimate of drug-likeness (QED) is 0.863. The van der Waals surface area contributed by atoms with Crippen LogP contribution in [0.3, 0.4) is 0 Å². The number of aromatic nitrogens is 4. The predicted octanol–water partition coefficient (Wildman–Crippen LogP) is 3.21. The highest BCUT2D eigenvalue weighted by atomic mass is 32.1.